The second-order valence-electron chi connectivity index (χ2n) is 3.23. The number of carbonyl (C=O) groups excluding carboxylic acids is 1. The molecule has 1 heteroatoms. The number of hydrogen-bond donors (Lipinski definition) is 0. The Balaban J connectivity index is 2.63. The molecule has 1 nitrogen and oxygen atoms in total. The molecule has 0 aromatic heterocycles. The summed E-state index contributed by atoms with van der Waals surface area (Å²) in [4.78, 5) is 10.7. The second kappa shape index (κ2) is 3.51. The number of hydrogen-bond acceptors (Lipinski definition) is 1. The first-order valence-electron chi connectivity index (χ1n) is 4.05. The van der Waals surface area contributed by atoms with Gasteiger partial charge in [0, 0.05) is 0 Å². The summed E-state index contributed by atoms with van der Waals surface area (Å²) >= 11 is 0. The average molecular weight is 150 g/mol. The maximum atomic E-state index is 10.7. The van der Waals surface area contributed by atoms with Crippen molar-refractivity contribution >= 4 is 5.78 Å². The summed E-state index contributed by atoms with van der Waals surface area (Å²) in [7, 11) is 0. The topological polar surface area (TPSA) is 17.1 Å². The lowest BCUT2D eigenvalue weighted by Gasteiger charge is -2.13. The average Bonchev–Trinajstić information content (AvgIpc) is 1.85. The SMILES string of the molecule is CC(=O)C=C1CC=CC(C)C1. The van der Waals surface area contributed by atoms with E-state index in [-0.39, 0.29) is 5.78 Å². The smallest absolute Gasteiger partial charge is 0.152 e. The molecule has 0 aliphatic heterocycles. The summed E-state index contributed by atoms with van der Waals surface area (Å²) in [5, 5.41) is 0. The zero-order valence-electron chi connectivity index (χ0n) is 7.13. The highest BCUT2D eigenvalue weighted by atomic mass is 16.1. The van der Waals surface area contributed by atoms with Crippen LogP contribution in [0.4, 0.5) is 0 Å². The summed E-state index contributed by atoms with van der Waals surface area (Å²) in [5.74, 6) is 0.775. The van der Waals surface area contributed by atoms with Crippen LogP contribution in [0.2, 0.25) is 0 Å². The molecule has 1 aliphatic carbocycles. The number of allylic oxidation sites excluding steroid dienone is 4. The van der Waals surface area contributed by atoms with Crippen LogP contribution in [0.5, 0.6) is 0 Å². The first-order chi connectivity index (χ1) is 5.18. The minimum atomic E-state index is 0.169. The van der Waals surface area contributed by atoms with Crippen LogP contribution in [0.3, 0.4) is 0 Å². The lowest BCUT2D eigenvalue weighted by molar-refractivity contribution is -0.112. The Hall–Kier alpha value is -0.850. The van der Waals surface area contributed by atoms with Crippen LogP contribution in [0.15, 0.2) is 23.8 Å². The van der Waals surface area contributed by atoms with Crippen LogP contribution in [0.1, 0.15) is 26.7 Å². The zero-order chi connectivity index (χ0) is 8.27. The molecule has 0 heterocycles. The predicted octanol–water partition coefficient (Wildman–Crippen LogP) is 2.49. The molecule has 1 unspecified atom stereocenters. The zero-order valence-corrected chi connectivity index (χ0v) is 7.13. The molecule has 0 N–H and O–H groups in total. The van der Waals surface area contributed by atoms with E-state index >= 15 is 0 Å². The Morgan fingerprint density at radius 3 is 3.00 bits per heavy atom. The molecule has 0 saturated heterocycles. The van der Waals surface area contributed by atoms with Gasteiger partial charge in [0.1, 0.15) is 0 Å². The third kappa shape index (κ3) is 2.71. The molecule has 0 aromatic carbocycles. The van der Waals surface area contributed by atoms with Crippen molar-refractivity contribution in [3.63, 3.8) is 0 Å². The van der Waals surface area contributed by atoms with Crippen LogP contribution in [-0.2, 0) is 4.79 Å². The summed E-state index contributed by atoms with van der Waals surface area (Å²) in [6.07, 6.45) is 8.13. The van der Waals surface area contributed by atoms with Crippen molar-refractivity contribution < 1.29 is 4.79 Å². The van der Waals surface area contributed by atoms with Crippen LogP contribution in [0.25, 0.3) is 0 Å². The standard InChI is InChI=1S/C10H14O/c1-8-4-3-5-10(6-8)7-9(2)11/h3-4,7-8H,5-6H2,1-2H3. The van der Waals surface area contributed by atoms with Gasteiger partial charge in [0.25, 0.3) is 0 Å². The third-order valence-electron chi connectivity index (χ3n) is 1.84. The molecule has 1 atom stereocenters. The van der Waals surface area contributed by atoms with Crippen LogP contribution < -0.4 is 0 Å². The monoisotopic (exact) mass is 150 g/mol. The van der Waals surface area contributed by atoms with Gasteiger partial charge in [0.05, 0.1) is 0 Å². The Bertz CT molecular complexity index is 211. The van der Waals surface area contributed by atoms with E-state index in [9.17, 15) is 4.79 Å². The fraction of sp³-hybridized carbons (Fsp3) is 0.500. The lowest BCUT2D eigenvalue weighted by atomic mass is 9.92. The fourth-order valence-corrected chi connectivity index (χ4v) is 1.42. The molecule has 0 saturated carbocycles. The number of ketones is 1. The Morgan fingerprint density at radius 2 is 2.45 bits per heavy atom. The first kappa shape index (κ1) is 8.25. The number of carbonyl (C=O) groups is 1. The molecule has 0 bridgehead atoms. The molecule has 0 amide bonds. The maximum absolute atomic E-state index is 10.7. The fourth-order valence-electron chi connectivity index (χ4n) is 1.42. The molecule has 0 aromatic rings. The third-order valence-corrected chi connectivity index (χ3v) is 1.84. The van der Waals surface area contributed by atoms with E-state index in [1.165, 1.54) is 5.57 Å². The highest BCUT2D eigenvalue weighted by molar-refractivity contribution is 5.88. The Labute approximate surface area is 67.8 Å². The number of rotatable bonds is 1. The van der Waals surface area contributed by atoms with Gasteiger partial charge < -0.3 is 0 Å². The molecular formula is C10H14O. The van der Waals surface area contributed by atoms with E-state index in [1.54, 1.807) is 13.0 Å². The van der Waals surface area contributed by atoms with Crippen molar-refractivity contribution in [3.05, 3.63) is 23.8 Å². The molecule has 0 radical (unpaired) electrons. The van der Waals surface area contributed by atoms with E-state index in [0.29, 0.717) is 5.92 Å². The van der Waals surface area contributed by atoms with Crippen molar-refractivity contribution in [2.75, 3.05) is 0 Å². The van der Waals surface area contributed by atoms with E-state index in [2.05, 4.69) is 19.1 Å². The molecule has 0 spiro atoms. The van der Waals surface area contributed by atoms with Crippen LogP contribution >= 0.6 is 0 Å². The molecule has 11 heavy (non-hydrogen) atoms. The lowest BCUT2D eigenvalue weighted by Crippen LogP contribution is -2.00. The van der Waals surface area contributed by atoms with Crippen molar-refractivity contribution in [1.82, 2.24) is 0 Å². The largest absolute Gasteiger partial charge is 0.295 e. The molecule has 1 rings (SSSR count). The summed E-state index contributed by atoms with van der Waals surface area (Å²) in [5.41, 5.74) is 1.27. The minimum absolute atomic E-state index is 0.169. The van der Waals surface area contributed by atoms with Gasteiger partial charge in [-0.1, -0.05) is 24.6 Å². The highest BCUT2D eigenvalue weighted by Gasteiger charge is 2.06. The predicted molar refractivity (Wildman–Crippen MR) is 46.3 cm³/mol. The van der Waals surface area contributed by atoms with Gasteiger partial charge in [-0.25, -0.2) is 0 Å². The Kier molecular flexibility index (Phi) is 2.64. The van der Waals surface area contributed by atoms with Crippen molar-refractivity contribution in [1.29, 1.82) is 0 Å². The molecule has 0 fully saturated rings. The van der Waals surface area contributed by atoms with Crippen molar-refractivity contribution in [3.8, 4) is 0 Å². The quantitative estimate of drug-likeness (QED) is 0.414. The summed E-state index contributed by atoms with van der Waals surface area (Å²) < 4.78 is 0. The molecular weight excluding hydrogens is 136 g/mol. The van der Waals surface area contributed by atoms with E-state index in [4.69, 9.17) is 0 Å². The van der Waals surface area contributed by atoms with Crippen molar-refractivity contribution in [2.45, 2.75) is 26.7 Å². The van der Waals surface area contributed by atoms with E-state index in [1.807, 2.05) is 0 Å². The van der Waals surface area contributed by atoms with Gasteiger partial charge in [0.2, 0.25) is 0 Å². The van der Waals surface area contributed by atoms with Crippen LogP contribution in [-0.4, -0.2) is 5.78 Å². The Morgan fingerprint density at radius 1 is 1.73 bits per heavy atom. The van der Waals surface area contributed by atoms with Crippen LogP contribution in [0, 0.1) is 5.92 Å². The van der Waals surface area contributed by atoms with Crippen molar-refractivity contribution in [2.24, 2.45) is 5.92 Å². The normalized spacial score (nSPS) is 27.5. The first-order valence-corrected chi connectivity index (χ1v) is 4.05. The van der Waals surface area contributed by atoms with Gasteiger partial charge in [-0.2, -0.15) is 0 Å². The minimum Gasteiger partial charge on any atom is -0.295 e. The van der Waals surface area contributed by atoms with E-state index in [0.717, 1.165) is 12.8 Å². The van der Waals surface area contributed by atoms with Gasteiger partial charge in [-0.05, 0) is 31.8 Å². The van der Waals surface area contributed by atoms with Gasteiger partial charge in [-0.3, -0.25) is 4.79 Å². The van der Waals surface area contributed by atoms with E-state index < -0.39 is 0 Å². The molecule has 1 aliphatic rings. The maximum Gasteiger partial charge on any atom is 0.152 e. The van der Waals surface area contributed by atoms with Gasteiger partial charge in [0.15, 0.2) is 5.78 Å². The summed E-state index contributed by atoms with van der Waals surface area (Å²) in [6.45, 7) is 3.78. The van der Waals surface area contributed by atoms with Gasteiger partial charge in [-0.15, -0.1) is 0 Å². The second-order valence-corrected chi connectivity index (χ2v) is 3.23. The van der Waals surface area contributed by atoms with Gasteiger partial charge >= 0.3 is 0 Å². The molecule has 60 valence electrons. The summed E-state index contributed by atoms with van der Waals surface area (Å²) in [6, 6.07) is 0. The highest BCUT2D eigenvalue weighted by Crippen LogP contribution is 2.21.